The molecule has 0 bridgehead atoms. The zero-order valence-electron chi connectivity index (χ0n) is 17.0. The number of benzene rings is 2. The van der Waals surface area contributed by atoms with Gasteiger partial charge in [-0.3, -0.25) is 9.59 Å². The van der Waals surface area contributed by atoms with E-state index in [0.29, 0.717) is 27.3 Å². The van der Waals surface area contributed by atoms with Gasteiger partial charge >= 0.3 is 0 Å². The lowest BCUT2D eigenvalue weighted by atomic mass is 10.1. The summed E-state index contributed by atoms with van der Waals surface area (Å²) < 4.78 is 11.7. The number of hydrogen-bond donors (Lipinski definition) is 1. The van der Waals surface area contributed by atoms with Crippen LogP contribution in [0.15, 0.2) is 45.6 Å². The van der Waals surface area contributed by atoms with Crippen molar-refractivity contribution in [2.24, 2.45) is 0 Å². The molecular weight excluding hydrogens is 390 g/mol. The van der Waals surface area contributed by atoms with E-state index in [1.165, 1.54) is 0 Å². The summed E-state index contributed by atoms with van der Waals surface area (Å²) in [6.07, 6.45) is 0.802. The number of amides is 1. The second-order valence-corrected chi connectivity index (χ2v) is 7.63. The Hall–Kier alpha value is -2.79. The van der Waals surface area contributed by atoms with E-state index >= 15 is 0 Å². The Morgan fingerprint density at radius 1 is 1.21 bits per heavy atom. The molecule has 1 heterocycles. The zero-order chi connectivity index (χ0) is 21.1. The molecule has 1 amide bonds. The number of rotatable bonds is 6. The van der Waals surface area contributed by atoms with Gasteiger partial charge in [0, 0.05) is 16.6 Å². The highest BCUT2D eigenvalue weighted by Crippen LogP contribution is 2.32. The largest absolute Gasteiger partial charge is 0.476 e. The smallest absolute Gasteiger partial charge is 0.258 e. The van der Waals surface area contributed by atoms with E-state index in [1.54, 1.807) is 12.1 Å². The number of fused-ring (bicyclic) bond motifs is 1. The number of ether oxygens (including phenoxy) is 1. The lowest BCUT2D eigenvalue weighted by Gasteiger charge is -2.14. The van der Waals surface area contributed by atoms with E-state index in [1.807, 2.05) is 52.0 Å². The summed E-state index contributed by atoms with van der Waals surface area (Å²) in [4.78, 5) is 25.3. The second kappa shape index (κ2) is 8.70. The van der Waals surface area contributed by atoms with Crippen molar-refractivity contribution < 1.29 is 13.9 Å². The Morgan fingerprint density at radius 2 is 1.90 bits per heavy atom. The number of carbonyl (C=O) groups excluding carboxylic acids is 1. The van der Waals surface area contributed by atoms with Gasteiger partial charge in [-0.2, -0.15) is 0 Å². The number of carbonyl (C=O) groups is 1. The van der Waals surface area contributed by atoms with E-state index in [-0.39, 0.29) is 29.7 Å². The standard InChI is InChI=1S/C23H24ClNO4/c1-5-15(4)25-20(26)12-28-23-21(27)17-11-18(24)14(3)10-19(17)29-22(23)16-8-6-13(2)7-9-16/h6-11,15H,5,12H2,1-4H3,(H,25,26)/t15-/m1/s1. The third kappa shape index (κ3) is 4.62. The Labute approximate surface area is 174 Å². The van der Waals surface area contributed by atoms with E-state index in [2.05, 4.69) is 5.32 Å². The van der Waals surface area contributed by atoms with Gasteiger partial charge in [-0.1, -0.05) is 48.4 Å². The summed E-state index contributed by atoms with van der Waals surface area (Å²) >= 11 is 6.20. The van der Waals surface area contributed by atoms with Crippen LogP contribution in [0.5, 0.6) is 5.75 Å². The third-order valence-electron chi connectivity index (χ3n) is 4.81. The highest BCUT2D eigenvalue weighted by molar-refractivity contribution is 6.32. The molecular formula is C23H24ClNO4. The highest BCUT2D eigenvalue weighted by Gasteiger charge is 2.20. The lowest BCUT2D eigenvalue weighted by Crippen LogP contribution is -2.36. The minimum absolute atomic E-state index is 0.000532. The predicted octanol–water partition coefficient (Wildman–Crippen LogP) is 5.02. The Bertz CT molecular complexity index is 1100. The van der Waals surface area contributed by atoms with Gasteiger partial charge in [-0.15, -0.1) is 0 Å². The monoisotopic (exact) mass is 413 g/mol. The molecule has 0 fully saturated rings. The fourth-order valence-electron chi connectivity index (χ4n) is 2.88. The van der Waals surface area contributed by atoms with E-state index in [0.717, 1.165) is 17.5 Å². The highest BCUT2D eigenvalue weighted by atomic mass is 35.5. The van der Waals surface area contributed by atoms with Gasteiger partial charge in [0.25, 0.3) is 5.91 Å². The van der Waals surface area contributed by atoms with Crippen molar-refractivity contribution in [1.82, 2.24) is 5.32 Å². The Balaban J connectivity index is 2.09. The molecule has 0 aliphatic heterocycles. The maximum absolute atomic E-state index is 13.2. The van der Waals surface area contributed by atoms with Crippen LogP contribution >= 0.6 is 11.6 Å². The maximum Gasteiger partial charge on any atom is 0.258 e. The minimum Gasteiger partial charge on any atom is -0.476 e. The molecule has 3 rings (SSSR count). The topological polar surface area (TPSA) is 68.5 Å². The first-order valence-electron chi connectivity index (χ1n) is 9.56. The average Bonchev–Trinajstić information content (AvgIpc) is 2.69. The molecule has 0 spiro atoms. The second-order valence-electron chi connectivity index (χ2n) is 7.22. The zero-order valence-corrected chi connectivity index (χ0v) is 17.7. The number of hydrogen-bond acceptors (Lipinski definition) is 4. The molecule has 29 heavy (non-hydrogen) atoms. The molecule has 0 radical (unpaired) electrons. The molecule has 1 N–H and O–H groups in total. The van der Waals surface area contributed by atoms with Crippen molar-refractivity contribution >= 4 is 28.5 Å². The molecule has 152 valence electrons. The first-order chi connectivity index (χ1) is 13.8. The fourth-order valence-corrected chi connectivity index (χ4v) is 3.04. The van der Waals surface area contributed by atoms with Crippen molar-refractivity contribution in [3.8, 4) is 17.1 Å². The van der Waals surface area contributed by atoms with Gasteiger partial charge in [-0.05, 0) is 44.9 Å². The summed E-state index contributed by atoms with van der Waals surface area (Å²) in [6, 6.07) is 10.9. The van der Waals surface area contributed by atoms with Crippen LogP contribution in [0.1, 0.15) is 31.4 Å². The van der Waals surface area contributed by atoms with Crippen molar-refractivity contribution in [2.75, 3.05) is 6.61 Å². The van der Waals surface area contributed by atoms with Gasteiger partial charge in [0.2, 0.25) is 11.2 Å². The van der Waals surface area contributed by atoms with Crippen molar-refractivity contribution in [1.29, 1.82) is 0 Å². The van der Waals surface area contributed by atoms with Crippen LogP contribution in [0.4, 0.5) is 0 Å². The molecule has 0 unspecified atom stereocenters. The van der Waals surface area contributed by atoms with Crippen LogP contribution in [0.3, 0.4) is 0 Å². The van der Waals surface area contributed by atoms with Gasteiger partial charge in [-0.25, -0.2) is 0 Å². The molecule has 1 aromatic heterocycles. The summed E-state index contributed by atoms with van der Waals surface area (Å²) in [5.74, 6) is -0.00298. The summed E-state index contributed by atoms with van der Waals surface area (Å²) in [5.41, 5.74) is 2.64. The molecule has 1 atom stereocenters. The molecule has 2 aromatic carbocycles. The van der Waals surface area contributed by atoms with E-state index in [9.17, 15) is 9.59 Å². The first-order valence-corrected chi connectivity index (χ1v) is 9.94. The van der Waals surface area contributed by atoms with Gasteiger partial charge in [0.1, 0.15) is 5.58 Å². The van der Waals surface area contributed by atoms with E-state index < -0.39 is 0 Å². The van der Waals surface area contributed by atoms with Crippen LogP contribution in [0, 0.1) is 13.8 Å². The molecule has 0 aliphatic rings. The summed E-state index contributed by atoms with van der Waals surface area (Å²) in [5, 5.41) is 3.60. The van der Waals surface area contributed by atoms with Crippen LogP contribution in [0.25, 0.3) is 22.3 Å². The Kier molecular flexibility index (Phi) is 6.28. The van der Waals surface area contributed by atoms with Gasteiger partial charge in [0.05, 0.1) is 5.39 Å². The predicted molar refractivity (Wildman–Crippen MR) is 116 cm³/mol. The van der Waals surface area contributed by atoms with Crippen LogP contribution < -0.4 is 15.5 Å². The molecule has 3 aromatic rings. The number of aryl methyl sites for hydroxylation is 2. The van der Waals surface area contributed by atoms with Crippen molar-refractivity contribution in [2.45, 2.75) is 40.2 Å². The van der Waals surface area contributed by atoms with Crippen LogP contribution in [0.2, 0.25) is 5.02 Å². The van der Waals surface area contributed by atoms with Crippen molar-refractivity contribution in [3.63, 3.8) is 0 Å². The quantitative estimate of drug-likeness (QED) is 0.615. The van der Waals surface area contributed by atoms with Crippen molar-refractivity contribution in [3.05, 3.63) is 62.8 Å². The molecule has 0 aliphatic carbocycles. The molecule has 0 saturated heterocycles. The number of nitrogens with one attached hydrogen (secondary N) is 1. The van der Waals surface area contributed by atoms with Gasteiger partial charge in [0.15, 0.2) is 12.4 Å². The molecule has 6 heteroatoms. The van der Waals surface area contributed by atoms with Crippen LogP contribution in [-0.4, -0.2) is 18.6 Å². The van der Waals surface area contributed by atoms with Gasteiger partial charge < -0.3 is 14.5 Å². The third-order valence-corrected chi connectivity index (χ3v) is 5.22. The molecule has 0 saturated carbocycles. The fraction of sp³-hybridized carbons (Fsp3) is 0.304. The summed E-state index contributed by atoms with van der Waals surface area (Å²) in [6.45, 7) is 7.42. The SMILES string of the molecule is CC[C@@H](C)NC(=O)COc1c(-c2ccc(C)cc2)oc2cc(C)c(Cl)cc2c1=O. The Morgan fingerprint density at radius 3 is 2.55 bits per heavy atom. The normalized spacial score (nSPS) is 12.0. The van der Waals surface area contributed by atoms with Crippen LogP contribution in [-0.2, 0) is 4.79 Å². The lowest BCUT2D eigenvalue weighted by molar-refractivity contribution is -0.123. The van der Waals surface area contributed by atoms with E-state index in [4.69, 9.17) is 20.8 Å². The average molecular weight is 414 g/mol. The minimum atomic E-state index is -0.361. The molecule has 5 nitrogen and oxygen atoms in total. The maximum atomic E-state index is 13.2. The first kappa shape index (κ1) is 20.9. The summed E-state index contributed by atoms with van der Waals surface area (Å²) in [7, 11) is 0. The number of halogens is 1.